The van der Waals surface area contributed by atoms with Crippen LogP contribution >= 0.6 is 11.8 Å². The van der Waals surface area contributed by atoms with Gasteiger partial charge in [0.2, 0.25) is 5.16 Å². The van der Waals surface area contributed by atoms with Crippen molar-refractivity contribution in [2.45, 2.75) is 30.0 Å². The van der Waals surface area contributed by atoms with Crippen LogP contribution in [0.4, 0.5) is 0 Å². The Bertz CT molecular complexity index is 362. The molecule has 2 rings (SSSR count). The number of aliphatic hydroxyl groups excluding tert-OH is 1. The van der Waals surface area contributed by atoms with Crippen LogP contribution in [-0.4, -0.2) is 43.2 Å². The Morgan fingerprint density at radius 1 is 1.60 bits per heavy atom. The molecule has 7 heteroatoms. The Hall–Kier alpha value is -1.08. The van der Waals surface area contributed by atoms with E-state index in [1.165, 1.54) is 0 Å². The first-order valence-corrected chi connectivity index (χ1v) is 5.58. The van der Waals surface area contributed by atoms with E-state index >= 15 is 0 Å². The van der Waals surface area contributed by atoms with Gasteiger partial charge in [0.05, 0.1) is 11.9 Å². The molecule has 1 aliphatic carbocycles. The van der Waals surface area contributed by atoms with Crippen molar-refractivity contribution in [2.75, 3.05) is 5.75 Å². The molecule has 0 bridgehead atoms. The first-order chi connectivity index (χ1) is 7.15. The summed E-state index contributed by atoms with van der Waals surface area (Å²) in [6.45, 7) is 0. The summed E-state index contributed by atoms with van der Waals surface area (Å²) in [6.07, 6.45) is 1.19. The standard InChI is InChI=1S/C8H11N3O3S/c12-5-1-4(2-5)7-9-8(11-10-7)15-3-6(13)14/h4-5,12H,1-3H2,(H,13,14)(H,9,10,11). The molecule has 82 valence electrons. The van der Waals surface area contributed by atoms with Crippen LogP contribution in [0, 0.1) is 0 Å². The highest BCUT2D eigenvalue weighted by molar-refractivity contribution is 7.99. The Morgan fingerprint density at radius 3 is 2.93 bits per heavy atom. The number of hydrogen-bond donors (Lipinski definition) is 3. The molecule has 0 radical (unpaired) electrons. The van der Waals surface area contributed by atoms with Crippen molar-refractivity contribution in [2.24, 2.45) is 0 Å². The van der Waals surface area contributed by atoms with Gasteiger partial charge in [0.1, 0.15) is 5.82 Å². The summed E-state index contributed by atoms with van der Waals surface area (Å²) in [5, 5.41) is 24.7. The predicted octanol–water partition coefficient (Wildman–Crippen LogP) is 0.220. The third kappa shape index (κ3) is 2.48. The van der Waals surface area contributed by atoms with E-state index in [0.29, 0.717) is 18.0 Å². The number of carboxylic acids is 1. The molecule has 1 aromatic rings. The molecule has 1 fully saturated rings. The van der Waals surface area contributed by atoms with Crippen molar-refractivity contribution in [1.82, 2.24) is 15.2 Å². The zero-order chi connectivity index (χ0) is 10.8. The Labute approximate surface area is 90.1 Å². The van der Waals surface area contributed by atoms with E-state index in [-0.39, 0.29) is 17.8 Å². The SMILES string of the molecule is O=C(O)CSc1n[nH]c(C2CC(O)C2)n1. The second-order valence-corrected chi connectivity index (χ2v) is 4.45. The van der Waals surface area contributed by atoms with Crippen molar-refractivity contribution in [3.63, 3.8) is 0 Å². The number of hydrogen-bond acceptors (Lipinski definition) is 5. The summed E-state index contributed by atoms with van der Waals surface area (Å²) >= 11 is 1.09. The number of aromatic amines is 1. The van der Waals surface area contributed by atoms with Crippen LogP contribution in [0.15, 0.2) is 5.16 Å². The van der Waals surface area contributed by atoms with Crippen LogP contribution in [0.3, 0.4) is 0 Å². The summed E-state index contributed by atoms with van der Waals surface area (Å²) in [5.41, 5.74) is 0. The normalized spacial score (nSPS) is 24.9. The van der Waals surface area contributed by atoms with Crippen molar-refractivity contribution < 1.29 is 15.0 Å². The molecule has 1 saturated carbocycles. The van der Waals surface area contributed by atoms with Crippen molar-refractivity contribution in [1.29, 1.82) is 0 Å². The molecule has 3 N–H and O–H groups in total. The summed E-state index contributed by atoms with van der Waals surface area (Å²) < 4.78 is 0. The van der Waals surface area contributed by atoms with E-state index < -0.39 is 5.97 Å². The summed E-state index contributed by atoms with van der Waals surface area (Å²) in [7, 11) is 0. The van der Waals surface area contributed by atoms with E-state index in [9.17, 15) is 4.79 Å². The quantitative estimate of drug-likeness (QED) is 0.639. The molecule has 0 unspecified atom stereocenters. The molecule has 1 heterocycles. The minimum atomic E-state index is -0.884. The molecular weight excluding hydrogens is 218 g/mol. The van der Waals surface area contributed by atoms with Crippen LogP contribution in [0.1, 0.15) is 24.6 Å². The topological polar surface area (TPSA) is 99.1 Å². The maximum absolute atomic E-state index is 10.3. The van der Waals surface area contributed by atoms with Crippen LogP contribution in [-0.2, 0) is 4.79 Å². The molecule has 0 aromatic carbocycles. The van der Waals surface area contributed by atoms with Crippen molar-refractivity contribution in [3.8, 4) is 0 Å². The number of nitrogens with zero attached hydrogens (tertiary/aromatic N) is 2. The van der Waals surface area contributed by atoms with Gasteiger partial charge in [-0.15, -0.1) is 5.10 Å². The number of aromatic nitrogens is 3. The number of aliphatic carboxylic acids is 1. The second-order valence-electron chi connectivity index (χ2n) is 3.51. The fourth-order valence-electron chi connectivity index (χ4n) is 1.44. The summed E-state index contributed by atoms with van der Waals surface area (Å²) in [4.78, 5) is 14.5. The molecule has 0 atom stereocenters. The first-order valence-electron chi connectivity index (χ1n) is 4.60. The predicted molar refractivity (Wildman–Crippen MR) is 52.7 cm³/mol. The van der Waals surface area contributed by atoms with E-state index in [1.54, 1.807) is 0 Å². The van der Waals surface area contributed by atoms with E-state index in [1.807, 2.05) is 0 Å². The number of rotatable bonds is 4. The van der Waals surface area contributed by atoms with Gasteiger partial charge >= 0.3 is 5.97 Å². The van der Waals surface area contributed by atoms with Crippen LogP contribution < -0.4 is 0 Å². The maximum Gasteiger partial charge on any atom is 0.313 e. The monoisotopic (exact) mass is 229 g/mol. The zero-order valence-corrected chi connectivity index (χ0v) is 8.70. The summed E-state index contributed by atoms with van der Waals surface area (Å²) in [6, 6.07) is 0. The minimum Gasteiger partial charge on any atom is -0.481 e. The van der Waals surface area contributed by atoms with Gasteiger partial charge < -0.3 is 10.2 Å². The zero-order valence-electron chi connectivity index (χ0n) is 7.88. The Balaban J connectivity index is 1.89. The average molecular weight is 229 g/mol. The highest BCUT2D eigenvalue weighted by atomic mass is 32.2. The van der Waals surface area contributed by atoms with Gasteiger partial charge in [-0.1, -0.05) is 11.8 Å². The third-order valence-electron chi connectivity index (χ3n) is 2.31. The largest absolute Gasteiger partial charge is 0.481 e. The number of thioether (sulfide) groups is 1. The van der Waals surface area contributed by atoms with E-state index in [0.717, 1.165) is 17.6 Å². The molecule has 15 heavy (non-hydrogen) atoms. The fraction of sp³-hybridized carbons (Fsp3) is 0.625. The van der Waals surface area contributed by atoms with Crippen LogP contribution in [0.5, 0.6) is 0 Å². The summed E-state index contributed by atoms with van der Waals surface area (Å²) in [5.74, 6) is 0.0650. The maximum atomic E-state index is 10.3. The fourth-order valence-corrected chi connectivity index (χ4v) is 1.97. The van der Waals surface area contributed by atoms with Gasteiger partial charge in [-0.25, -0.2) is 4.98 Å². The number of H-pyrrole nitrogens is 1. The molecule has 0 aliphatic heterocycles. The minimum absolute atomic E-state index is 0.0371. The average Bonchev–Trinajstić information content (AvgIpc) is 2.57. The van der Waals surface area contributed by atoms with Crippen LogP contribution in [0.2, 0.25) is 0 Å². The number of nitrogens with one attached hydrogen (secondary N) is 1. The third-order valence-corrected chi connectivity index (χ3v) is 3.14. The van der Waals surface area contributed by atoms with Crippen molar-refractivity contribution in [3.05, 3.63) is 5.82 Å². The lowest BCUT2D eigenvalue weighted by Crippen LogP contribution is -2.27. The van der Waals surface area contributed by atoms with Gasteiger partial charge in [-0.2, -0.15) is 0 Å². The lowest BCUT2D eigenvalue weighted by atomic mass is 9.82. The van der Waals surface area contributed by atoms with Gasteiger partial charge in [-0.05, 0) is 12.8 Å². The first kappa shape index (κ1) is 10.4. The molecule has 6 nitrogen and oxygen atoms in total. The molecular formula is C8H11N3O3S. The molecule has 0 amide bonds. The Kier molecular flexibility index (Phi) is 2.92. The second kappa shape index (κ2) is 4.19. The number of aliphatic hydroxyl groups is 1. The van der Waals surface area contributed by atoms with Gasteiger partial charge in [0, 0.05) is 5.92 Å². The number of carboxylic acid groups (broad SMARTS) is 1. The van der Waals surface area contributed by atoms with Crippen molar-refractivity contribution >= 4 is 17.7 Å². The van der Waals surface area contributed by atoms with E-state index in [2.05, 4.69) is 15.2 Å². The Morgan fingerprint density at radius 2 is 2.33 bits per heavy atom. The highest BCUT2D eigenvalue weighted by Crippen LogP contribution is 2.35. The van der Waals surface area contributed by atoms with Crippen LogP contribution in [0.25, 0.3) is 0 Å². The lowest BCUT2D eigenvalue weighted by molar-refractivity contribution is -0.133. The smallest absolute Gasteiger partial charge is 0.313 e. The number of carbonyl (C=O) groups is 1. The molecule has 0 spiro atoms. The molecule has 1 aromatic heterocycles. The van der Waals surface area contributed by atoms with Gasteiger partial charge in [-0.3, -0.25) is 9.89 Å². The molecule has 0 saturated heterocycles. The van der Waals surface area contributed by atoms with Gasteiger partial charge in [0.15, 0.2) is 0 Å². The lowest BCUT2D eigenvalue weighted by Gasteiger charge is -2.28. The van der Waals surface area contributed by atoms with E-state index in [4.69, 9.17) is 10.2 Å². The highest BCUT2D eigenvalue weighted by Gasteiger charge is 2.31. The molecule has 1 aliphatic rings. The van der Waals surface area contributed by atoms with Gasteiger partial charge in [0.25, 0.3) is 0 Å².